The minimum Gasteiger partial charge on any atom is -0.373 e. The maximum absolute atomic E-state index is 10.9. The van der Waals surface area contributed by atoms with Gasteiger partial charge in [0, 0.05) is 24.9 Å². The van der Waals surface area contributed by atoms with E-state index in [1.54, 1.807) is 13.0 Å². The number of hydrogen-bond acceptors (Lipinski definition) is 7. The van der Waals surface area contributed by atoms with Crippen molar-refractivity contribution in [2.75, 3.05) is 17.7 Å². The van der Waals surface area contributed by atoms with Crippen LogP contribution in [-0.2, 0) is 0 Å². The number of benzene rings is 2. The summed E-state index contributed by atoms with van der Waals surface area (Å²) in [6, 6.07) is 14.2. The number of aryl methyl sites for hydroxylation is 1. The number of nitrogens with zero attached hydrogens (tertiary/aromatic N) is 4. The van der Waals surface area contributed by atoms with E-state index in [1.165, 1.54) is 12.1 Å². The molecule has 29 heavy (non-hydrogen) atoms. The molecule has 0 aliphatic heterocycles. The lowest BCUT2D eigenvalue weighted by Crippen LogP contribution is -2.03. The number of nitro groups is 1. The molecule has 0 saturated carbocycles. The van der Waals surface area contributed by atoms with E-state index in [0.717, 1.165) is 22.6 Å². The van der Waals surface area contributed by atoms with Crippen LogP contribution in [0.5, 0.6) is 0 Å². The van der Waals surface area contributed by atoms with Gasteiger partial charge in [0.05, 0.1) is 10.6 Å². The first kappa shape index (κ1) is 19.9. The van der Waals surface area contributed by atoms with Crippen LogP contribution in [0.15, 0.2) is 58.8 Å². The molecular weight excluding hydrogens is 368 g/mol. The van der Waals surface area contributed by atoms with Crippen LogP contribution in [0.2, 0.25) is 0 Å². The van der Waals surface area contributed by atoms with Crippen molar-refractivity contribution in [3.8, 4) is 0 Å². The average Bonchev–Trinajstić information content (AvgIpc) is 2.71. The van der Waals surface area contributed by atoms with Crippen LogP contribution >= 0.6 is 0 Å². The van der Waals surface area contributed by atoms with Gasteiger partial charge in [-0.15, -0.1) is 5.11 Å². The molecule has 8 nitrogen and oxygen atoms in total. The van der Waals surface area contributed by atoms with Gasteiger partial charge in [0.1, 0.15) is 11.5 Å². The maximum atomic E-state index is 10.9. The molecule has 0 bridgehead atoms. The zero-order valence-electron chi connectivity index (χ0n) is 16.7. The van der Waals surface area contributed by atoms with Crippen LogP contribution in [0, 0.1) is 30.9 Å². The van der Waals surface area contributed by atoms with Crippen LogP contribution < -0.4 is 10.6 Å². The summed E-state index contributed by atoms with van der Waals surface area (Å²) in [6.07, 6.45) is 0. The Morgan fingerprint density at radius 1 is 0.966 bits per heavy atom. The Morgan fingerprint density at radius 2 is 1.69 bits per heavy atom. The highest BCUT2D eigenvalue weighted by atomic mass is 16.6. The van der Waals surface area contributed by atoms with Crippen LogP contribution in [0.3, 0.4) is 0 Å². The Morgan fingerprint density at radius 3 is 2.31 bits per heavy atom. The van der Waals surface area contributed by atoms with E-state index in [0.29, 0.717) is 22.8 Å². The zero-order valence-corrected chi connectivity index (χ0v) is 16.7. The van der Waals surface area contributed by atoms with E-state index in [9.17, 15) is 10.1 Å². The fraction of sp³-hybridized carbons (Fsp3) is 0.190. The summed E-state index contributed by atoms with van der Waals surface area (Å²) in [4.78, 5) is 15.2. The van der Waals surface area contributed by atoms with Crippen molar-refractivity contribution < 1.29 is 4.92 Å². The van der Waals surface area contributed by atoms with Crippen molar-refractivity contribution in [1.29, 1.82) is 0 Å². The van der Waals surface area contributed by atoms with E-state index in [-0.39, 0.29) is 5.69 Å². The molecule has 0 unspecified atom stereocenters. The highest BCUT2D eigenvalue weighted by Crippen LogP contribution is 2.36. The van der Waals surface area contributed by atoms with Gasteiger partial charge in [-0.1, -0.05) is 18.2 Å². The van der Waals surface area contributed by atoms with Gasteiger partial charge < -0.3 is 10.6 Å². The largest absolute Gasteiger partial charge is 0.373 e. The molecular formula is C21H22N6O2. The monoisotopic (exact) mass is 390 g/mol. The Hall–Kier alpha value is -3.81. The number of para-hydroxylation sites is 1. The summed E-state index contributed by atoms with van der Waals surface area (Å²) < 4.78 is 0. The SMILES string of the molecule is CNc1nc(Nc2ccccc2)c(/N=N/c2ccc([N+](=O)[O-])cc2C)c(C)c1C. The number of azo groups is 1. The molecule has 0 fully saturated rings. The predicted molar refractivity (Wildman–Crippen MR) is 115 cm³/mol. The van der Waals surface area contributed by atoms with E-state index in [4.69, 9.17) is 0 Å². The second-order valence-corrected chi connectivity index (χ2v) is 6.58. The number of aromatic nitrogens is 1. The normalized spacial score (nSPS) is 10.9. The Balaban J connectivity index is 2.04. The summed E-state index contributed by atoms with van der Waals surface area (Å²) in [7, 11) is 1.82. The number of anilines is 3. The lowest BCUT2D eigenvalue weighted by Gasteiger charge is -2.15. The topological polar surface area (TPSA) is 105 Å². The van der Waals surface area contributed by atoms with E-state index >= 15 is 0 Å². The lowest BCUT2D eigenvalue weighted by molar-refractivity contribution is -0.384. The van der Waals surface area contributed by atoms with Gasteiger partial charge in [-0.3, -0.25) is 10.1 Å². The first-order valence-electron chi connectivity index (χ1n) is 9.08. The number of nitro benzene ring substituents is 1. The fourth-order valence-electron chi connectivity index (χ4n) is 2.86. The molecule has 0 aliphatic rings. The molecule has 148 valence electrons. The minimum atomic E-state index is -0.427. The van der Waals surface area contributed by atoms with E-state index < -0.39 is 4.92 Å². The number of rotatable bonds is 6. The highest BCUT2D eigenvalue weighted by molar-refractivity contribution is 5.75. The van der Waals surface area contributed by atoms with Gasteiger partial charge in [-0.2, -0.15) is 5.11 Å². The molecule has 0 atom stereocenters. The molecule has 3 aromatic rings. The third-order valence-electron chi connectivity index (χ3n) is 4.64. The second-order valence-electron chi connectivity index (χ2n) is 6.58. The molecule has 0 saturated heterocycles. The van der Waals surface area contributed by atoms with Gasteiger partial charge in [0.25, 0.3) is 5.69 Å². The summed E-state index contributed by atoms with van der Waals surface area (Å²) in [6.45, 7) is 5.70. The van der Waals surface area contributed by atoms with Crippen molar-refractivity contribution in [2.45, 2.75) is 20.8 Å². The quantitative estimate of drug-likeness (QED) is 0.300. The predicted octanol–water partition coefficient (Wildman–Crippen LogP) is 6.12. The van der Waals surface area contributed by atoms with Crippen molar-refractivity contribution in [3.63, 3.8) is 0 Å². The molecule has 8 heteroatoms. The third-order valence-corrected chi connectivity index (χ3v) is 4.64. The Kier molecular flexibility index (Phi) is 5.82. The first-order valence-corrected chi connectivity index (χ1v) is 9.08. The molecule has 0 aliphatic carbocycles. The average molecular weight is 390 g/mol. The molecule has 0 amide bonds. The molecule has 2 N–H and O–H groups in total. The van der Waals surface area contributed by atoms with E-state index in [2.05, 4.69) is 25.8 Å². The number of hydrogen-bond donors (Lipinski definition) is 2. The van der Waals surface area contributed by atoms with Crippen molar-refractivity contribution in [2.24, 2.45) is 10.2 Å². The van der Waals surface area contributed by atoms with Gasteiger partial charge in [-0.25, -0.2) is 4.98 Å². The van der Waals surface area contributed by atoms with Crippen molar-refractivity contribution in [1.82, 2.24) is 4.98 Å². The molecule has 3 rings (SSSR count). The Bertz CT molecular complexity index is 1080. The van der Waals surface area contributed by atoms with Crippen LogP contribution in [0.25, 0.3) is 0 Å². The molecule has 0 radical (unpaired) electrons. The van der Waals surface area contributed by atoms with Crippen LogP contribution in [0.4, 0.5) is 34.4 Å². The summed E-state index contributed by atoms with van der Waals surface area (Å²) >= 11 is 0. The number of pyridine rings is 1. The summed E-state index contributed by atoms with van der Waals surface area (Å²) in [5.74, 6) is 1.33. The molecule has 2 aromatic carbocycles. The van der Waals surface area contributed by atoms with Crippen LogP contribution in [0.1, 0.15) is 16.7 Å². The van der Waals surface area contributed by atoms with Gasteiger partial charge in [0.15, 0.2) is 5.82 Å². The van der Waals surface area contributed by atoms with Gasteiger partial charge in [-0.05, 0) is 55.7 Å². The first-order chi connectivity index (χ1) is 13.9. The van der Waals surface area contributed by atoms with Gasteiger partial charge >= 0.3 is 0 Å². The van der Waals surface area contributed by atoms with Crippen molar-refractivity contribution in [3.05, 3.63) is 75.3 Å². The lowest BCUT2D eigenvalue weighted by atomic mass is 10.1. The van der Waals surface area contributed by atoms with Gasteiger partial charge in [0.2, 0.25) is 0 Å². The number of non-ortho nitro benzene ring substituents is 1. The fourth-order valence-corrected chi connectivity index (χ4v) is 2.86. The Labute approximate surface area is 168 Å². The summed E-state index contributed by atoms with van der Waals surface area (Å²) in [5, 5.41) is 26.1. The molecule has 0 spiro atoms. The third kappa shape index (κ3) is 4.37. The smallest absolute Gasteiger partial charge is 0.269 e. The molecule has 1 heterocycles. The standard InChI is InChI=1S/C21H22N6O2/c1-13-12-17(27(28)29)10-11-18(13)25-26-19-14(2)15(3)20(22-4)24-21(19)23-16-8-6-5-7-9-16/h5-12H,1-4H3,(H2,22,23,24)/b26-25+. The van der Waals surface area contributed by atoms with Crippen LogP contribution in [-0.4, -0.2) is 17.0 Å². The zero-order chi connectivity index (χ0) is 21.0. The van der Waals surface area contributed by atoms with Crippen molar-refractivity contribution >= 4 is 34.4 Å². The highest BCUT2D eigenvalue weighted by Gasteiger charge is 2.15. The minimum absolute atomic E-state index is 0.0277. The second kappa shape index (κ2) is 8.47. The maximum Gasteiger partial charge on any atom is 0.269 e. The number of nitrogens with one attached hydrogen (secondary N) is 2. The molecule has 1 aromatic heterocycles. The summed E-state index contributed by atoms with van der Waals surface area (Å²) in [5.41, 5.74) is 4.67. The van der Waals surface area contributed by atoms with E-state index in [1.807, 2.05) is 51.2 Å².